The van der Waals surface area contributed by atoms with Crippen LogP contribution in [0.4, 0.5) is 24.5 Å². The van der Waals surface area contributed by atoms with E-state index in [9.17, 15) is 22.8 Å². The molecule has 7 nitrogen and oxygen atoms in total. The van der Waals surface area contributed by atoms with Gasteiger partial charge >= 0.3 is 6.18 Å². The fourth-order valence-corrected chi connectivity index (χ4v) is 5.43. The number of fused-ring (bicyclic) bond motifs is 3. The van der Waals surface area contributed by atoms with Crippen molar-refractivity contribution in [2.45, 2.75) is 32.5 Å². The Kier molecular flexibility index (Phi) is 7.55. The highest BCUT2D eigenvalue weighted by Crippen LogP contribution is 2.39. The number of rotatable bonds is 5. The van der Waals surface area contributed by atoms with E-state index >= 15 is 0 Å². The third kappa shape index (κ3) is 5.40. The molecule has 2 aliphatic heterocycles. The Balaban J connectivity index is 1.43. The van der Waals surface area contributed by atoms with Gasteiger partial charge in [-0.3, -0.25) is 14.6 Å². The van der Waals surface area contributed by atoms with E-state index in [0.717, 1.165) is 40.2 Å². The van der Waals surface area contributed by atoms with Crippen molar-refractivity contribution in [1.82, 2.24) is 9.88 Å². The highest BCUT2D eigenvalue weighted by Gasteiger charge is 2.41. The quantitative estimate of drug-likeness (QED) is 0.472. The molecule has 2 amide bonds. The Morgan fingerprint density at radius 2 is 1.95 bits per heavy atom. The van der Waals surface area contributed by atoms with E-state index in [4.69, 9.17) is 4.74 Å². The number of hydrogen-bond acceptors (Lipinski definition) is 5. The first-order valence-corrected chi connectivity index (χ1v) is 13.2. The first-order valence-electron chi connectivity index (χ1n) is 13.2. The maximum Gasteiger partial charge on any atom is 0.433 e. The number of pyridine rings is 1. The molecule has 1 saturated heterocycles. The Hall–Kier alpha value is -3.92. The van der Waals surface area contributed by atoms with Crippen LogP contribution in [0.3, 0.4) is 0 Å². The summed E-state index contributed by atoms with van der Waals surface area (Å²) in [5.41, 5.74) is 4.19. The van der Waals surface area contributed by atoms with Gasteiger partial charge in [-0.25, -0.2) is 0 Å². The Morgan fingerprint density at radius 3 is 2.70 bits per heavy atom. The number of nitrogens with one attached hydrogen (secondary N) is 1. The van der Waals surface area contributed by atoms with E-state index in [1.165, 1.54) is 6.07 Å². The first-order chi connectivity index (χ1) is 19.1. The minimum absolute atomic E-state index is 0.0494. The predicted molar refractivity (Wildman–Crippen MR) is 146 cm³/mol. The summed E-state index contributed by atoms with van der Waals surface area (Å²) in [5.74, 6) is -0.722. The summed E-state index contributed by atoms with van der Waals surface area (Å²) in [6.45, 7) is 6.32. The zero-order chi connectivity index (χ0) is 28.6. The molecule has 1 N–H and O–H groups in total. The minimum Gasteiger partial charge on any atom is -0.377 e. The SMILES string of the molecule is CCN(C)C(=O)[C@@H]1Cc2ccc(-c3cc(NC(=O)c4ccnc(C(F)(F)F)c4)ccc3C)cc2N2CCOC[C@@H]12. The molecule has 40 heavy (non-hydrogen) atoms. The van der Waals surface area contributed by atoms with Crippen molar-refractivity contribution in [1.29, 1.82) is 0 Å². The van der Waals surface area contributed by atoms with Crippen molar-refractivity contribution in [2.75, 3.05) is 43.6 Å². The molecule has 3 aromatic rings. The number of aromatic nitrogens is 1. The summed E-state index contributed by atoms with van der Waals surface area (Å²) in [5, 5.41) is 2.71. The van der Waals surface area contributed by atoms with Gasteiger partial charge in [0.25, 0.3) is 5.91 Å². The number of carbonyl (C=O) groups is 2. The van der Waals surface area contributed by atoms with Gasteiger partial charge in [0.15, 0.2) is 0 Å². The molecule has 3 heterocycles. The lowest BCUT2D eigenvalue weighted by atomic mass is 9.83. The fraction of sp³-hybridized carbons (Fsp3) is 0.367. The highest BCUT2D eigenvalue weighted by molar-refractivity contribution is 6.04. The molecule has 2 aliphatic rings. The summed E-state index contributed by atoms with van der Waals surface area (Å²) in [4.78, 5) is 33.3. The third-order valence-corrected chi connectivity index (χ3v) is 7.75. The second-order valence-electron chi connectivity index (χ2n) is 10.3. The molecule has 0 spiro atoms. The van der Waals surface area contributed by atoms with Crippen LogP contribution in [0.5, 0.6) is 0 Å². The van der Waals surface area contributed by atoms with E-state index < -0.39 is 17.8 Å². The van der Waals surface area contributed by atoms with Crippen LogP contribution in [0.2, 0.25) is 0 Å². The summed E-state index contributed by atoms with van der Waals surface area (Å²) in [6.07, 6.45) is -3.04. The van der Waals surface area contributed by atoms with Crippen molar-refractivity contribution in [3.63, 3.8) is 0 Å². The van der Waals surface area contributed by atoms with Gasteiger partial charge in [-0.1, -0.05) is 18.2 Å². The number of nitrogens with zero attached hydrogens (tertiary/aromatic N) is 3. The maximum atomic E-state index is 13.2. The molecule has 0 aliphatic carbocycles. The largest absolute Gasteiger partial charge is 0.433 e. The predicted octanol–water partition coefficient (Wildman–Crippen LogP) is 5.18. The molecular formula is C30H31F3N4O3. The van der Waals surface area contributed by atoms with Crippen LogP contribution < -0.4 is 10.2 Å². The summed E-state index contributed by atoms with van der Waals surface area (Å²) in [7, 11) is 1.83. The Bertz CT molecular complexity index is 1440. The van der Waals surface area contributed by atoms with E-state index in [2.05, 4.69) is 27.3 Å². The maximum absolute atomic E-state index is 13.2. The normalized spacial score (nSPS) is 18.5. The lowest BCUT2D eigenvalue weighted by Crippen LogP contribution is -2.56. The molecule has 2 atom stereocenters. The van der Waals surface area contributed by atoms with Gasteiger partial charge in [-0.15, -0.1) is 0 Å². The zero-order valence-electron chi connectivity index (χ0n) is 22.6. The van der Waals surface area contributed by atoms with Crippen molar-refractivity contribution in [2.24, 2.45) is 5.92 Å². The standard InChI is InChI=1S/C30H31F3N4O3/c1-4-36(3)29(39)24-13-20-7-6-19(14-25(20)37-11-12-40-17-26(24)37)23-16-22(8-5-18(23)2)35-28(38)21-9-10-34-27(15-21)30(31,32)33/h5-10,14-16,24,26H,4,11-13,17H2,1-3H3,(H,35,38)/t24-,26+/m1/s1. The lowest BCUT2D eigenvalue weighted by molar-refractivity contribution is -0.141. The number of morpholine rings is 1. The van der Waals surface area contributed by atoms with E-state index in [-0.39, 0.29) is 23.4 Å². The molecule has 0 unspecified atom stereocenters. The number of anilines is 2. The highest BCUT2D eigenvalue weighted by atomic mass is 19.4. The topological polar surface area (TPSA) is 74.8 Å². The van der Waals surface area contributed by atoms with Gasteiger partial charge in [0, 0.05) is 43.3 Å². The van der Waals surface area contributed by atoms with E-state index in [0.29, 0.717) is 38.4 Å². The zero-order valence-corrected chi connectivity index (χ0v) is 22.6. The number of halogens is 3. The van der Waals surface area contributed by atoms with Gasteiger partial charge in [-0.2, -0.15) is 13.2 Å². The smallest absolute Gasteiger partial charge is 0.377 e. The third-order valence-electron chi connectivity index (χ3n) is 7.75. The first kappa shape index (κ1) is 27.6. The molecule has 0 bridgehead atoms. The van der Waals surface area contributed by atoms with Crippen LogP contribution >= 0.6 is 0 Å². The fourth-order valence-electron chi connectivity index (χ4n) is 5.43. The number of benzene rings is 2. The summed E-state index contributed by atoms with van der Waals surface area (Å²) >= 11 is 0. The van der Waals surface area contributed by atoms with Crippen LogP contribution in [0.25, 0.3) is 11.1 Å². The van der Waals surface area contributed by atoms with Crippen molar-refractivity contribution in [3.8, 4) is 11.1 Å². The molecule has 210 valence electrons. The second kappa shape index (κ2) is 10.9. The number of aryl methyl sites for hydroxylation is 1. The number of amides is 2. The number of hydrogen-bond donors (Lipinski definition) is 1. The monoisotopic (exact) mass is 552 g/mol. The van der Waals surface area contributed by atoms with Gasteiger partial charge < -0.3 is 19.9 Å². The van der Waals surface area contributed by atoms with Gasteiger partial charge in [-0.05, 0) is 72.9 Å². The molecule has 0 saturated carbocycles. The van der Waals surface area contributed by atoms with Crippen LogP contribution in [-0.2, 0) is 22.1 Å². The van der Waals surface area contributed by atoms with E-state index in [1.54, 1.807) is 11.0 Å². The van der Waals surface area contributed by atoms with Crippen molar-refractivity contribution < 1.29 is 27.5 Å². The number of carbonyl (C=O) groups excluding carboxylic acids is 2. The Morgan fingerprint density at radius 1 is 1.15 bits per heavy atom. The molecule has 1 aromatic heterocycles. The van der Waals surface area contributed by atoms with Crippen LogP contribution in [0.15, 0.2) is 54.7 Å². The van der Waals surface area contributed by atoms with Crippen LogP contribution in [-0.4, -0.2) is 61.1 Å². The summed E-state index contributed by atoms with van der Waals surface area (Å²) in [6, 6.07) is 13.5. The lowest BCUT2D eigenvalue weighted by Gasteiger charge is -2.46. The second-order valence-corrected chi connectivity index (χ2v) is 10.3. The van der Waals surface area contributed by atoms with Gasteiger partial charge in [0.2, 0.25) is 5.91 Å². The van der Waals surface area contributed by atoms with Crippen molar-refractivity contribution >= 4 is 23.2 Å². The molecule has 0 radical (unpaired) electrons. The molecular weight excluding hydrogens is 521 g/mol. The van der Waals surface area contributed by atoms with Crippen molar-refractivity contribution in [3.05, 3.63) is 77.1 Å². The number of ether oxygens (including phenoxy) is 1. The molecule has 10 heteroatoms. The molecule has 1 fully saturated rings. The Labute approximate surface area is 231 Å². The molecule has 5 rings (SSSR count). The average Bonchev–Trinajstić information content (AvgIpc) is 2.96. The average molecular weight is 553 g/mol. The number of alkyl halides is 3. The van der Waals surface area contributed by atoms with E-state index in [1.807, 2.05) is 39.1 Å². The molecule has 2 aromatic carbocycles. The van der Waals surface area contributed by atoms with Gasteiger partial charge in [0.05, 0.1) is 25.2 Å². The van der Waals surface area contributed by atoms with Gasteiger partial charge in [0.1, 0.15) is 5.69 Å². The van der Waals surface area contributed by atoms with Crippen LogP contribution in [0, 0.1) is 12.8 Å². The van der Waals surface area contributed by atoms with Crippen LogP contribution in [0.1, 0.15) is 34.1 Å². The summed E-state index contributed by atoms with van der Waals surface area (Å²) < 4.78 is 44.9. The minimum atomic E-state index is -4.64.